The third-order valence-corrected chi connectivity index (χ3v) is 5.90. The second-order valence-electron chi connectivity index (χ2n) is 8.09. The molecule has 1 aliphatic heterocycles. The van der Waals surface area contributed by atoms with Gasteiger partial charge in [-0.25, -0.2) is 13.8 Å². The van der Waals surface area contributed by atoms with E-state index in [1.54, 1.807) is 18.2 Å². The molecule has 1 aromatic heterocycles. The molecule has 1 saturated heterocycles. The summed E-state index contributed by atoms with van der Waals surface area (Å²) in [5, 5.41) is 0. The molecule has 34 heavy (non-hydrogen) atoms. The number of carbonyl (C=O) groups excluding carboxylic acids is 1. The van der Waals surface area contributed by atoms with Crippen LogP contribution < -0.4 is 0 Å². The quantitative estimate of drug-likeness (QED) is 0.309. The molecule has 0 bridgehead atoms. The minimum Gasteiger partial charge on any atom is -0.438 e. The van der Waals surface area contributed by atoms with Gasteiger partial charge >= 0.3 is 6.18 Å². The fourth-order valence-corrected chi connectivity index (χ4v) is 4.21. The number of amides is 1. The first-order valence-corrected chi connectivity index (χ1v) is 10.5. The summed E-state index contributed by atoms with van der Waals surface area (Å²) in [6.07, 6.45) is -3.22. The van der Waals surface area contributed by atoms with Gasteiger partial charge in [-0.2, -0.15) is 13.2 Å². The molecule has 174 valence electrons. The predicted octanol–water partition coefficient (Wildman–Crippen LogP) is 6.77. The van der Waals surface area contributed by atoms with E-state index in [1.165, 1.54) is 17.0 Å². The van der Waals surface area contributed by atoms with Gasteiger partial charge in [0.05, 0.1) is 5.56 Å². The molecule has 1 fully saturated rings. The van der Waals surface area contributed by atoms with Crippen molar-refractivity contribution >= 4 is 17.0 Å². The molecule has 3 aromatic carbocycles. The van der Waals surface area contributed by atoms with Gasteiger partial charge in [0.1, 0.15) is 23.2 Å². The van der Waals surface area contributed by atoms with Crippen LogP contribution in [0.25, 0.3) is 22.2 Å². The molecule has 1 aliphatic rings. The number of oxazole rings is 1. The monoisotopic (exact) mass is 472 g/mol. The molecule has 4 aromatic rings. The summed E-state index contributed by atoms with van der Waals surface area (Å²) in [6.45, 7) is 0.412. The van der Waals surface area contributed by atoms with Crippen molar-refractivity contribution < 1.29 is 31.2 Å². The van der Waals surface area contributed by atoms with E-state index in [0.717, 1.165) is 30.3 Å². The number of likely N-dealkylation sites (tertiary alicyclic amines) is 1. The molecular weight excluding hydrogens is 455 g/mol. The molecule has 1 amide bonds. The summed E-state index contributed by atoms with van der Waals surface area (Å²) in [5.74, 6) is -1.49. The number of benzene rings is 3. The highest BCUT2D eigenvalue weighted by Gasteiger charge is 2.35. The number of alkyl halides is 3. The number of carbonyl (C=O) groups is 1. The van der Waals surface area contributed by atoms with Gasteiger partial charge in [-0.05, 0) is 66.9 Å². The Morgan fingerprint density at radius 1 is 1.00 bits per heavy atom. The summed E-state index contributed by atoms with van der Waals surface area (Å²) < 4.78 is 71.8. The number of hydrogen-bond acceptors (Lipinski definition) is 3. The fourth-order valence-electron chi connectivity index (χ4n) is 4.21. The van der Waals surface area contributed by atoms with E-state index in [2.05, 4.69) is 4.98 Å². The van der Waals surface area contributed by atoms with Crippen LogP contribution >= 0.6 is 0 Å². The largest absolute Gasteiger partial charge is 0.438 e. The van der Waals surface area contributed by atoms with E-state index >= 15 is 0 Å². The van der Waals surface area contributed by atoms with Crippen LogP contribution in [0.3, 0.4) is 0 Å². The lowest BCUT2D eigenvalue weighted by atomic mass is 10.0. The fraction of sp³-hybridized carbons (Fsp3) is 0.200. The summed E-state index contributed by atoms with van der Waals surface area (Å²) >= 11 is 0. The number of fused-ring (bicyclic) bond motifs is 1. The van der Waals surface area contributed by atoms with E-state index in [1.807, 2.05) is 0 Å². The molecule has 9 heteroatoms. The zero-order chi connectivity index (χ0) is 24.0. The Bertz CT molecular complexity index is 1380. The molecule has 5 rings (SSSR count). The van der Waals surface area contributed by atoms with Crippen molar-refractivity contribution in [2.24, 2.45) is 0 Å². The lowest BCUT2D eigenvalue weighted by molar-refractivity contribution is -0.137. The summed E-state index contributed by atoms with van der Waals surface area (Å²) in [6, 6.07) is 11.8. The first-order valence-electron chi connectivity index (χ1n) is 10.5. The predicted molar refractivity (Wildman–Crippen MR) is 114 cm³/mol. The molecule has 0 radical (unpaired) electrons. The Hall–Kier alpha value is -3.75. The highest BCUT2D eigenvalue weighted by atomic mass is 19.4. The van der Waals surface area contributed by atoms with E-state index in [-0.39, 0.29) is 11.1 Å². The number of nitrogens with zero attached hydrogens (tertiary/aromatic N) is 2. The Kier molecular flexibility index (Phi) is 5.34. The lowest BCUT2D eigenvalue weighted by Gasteiger charge is -2.22. The molecule has 0 saturated carbocycles. The Morgan fingerprint density at radius 2 is 1.76 bits per heavy atom. The van der Waals surface area contributed by atoms with Crippen molar-refractivity contribution in [2.75, 3.05) is 6.54 Å². The van der Waals surface area contributed by atoms with Gasteiger partial charge in [0.2, 0.25) is 5.89 Å². The number of halogens is 5. The zero-order valence-electron chi connectivity index (χ0n) is 17.6. The molecule has 1 unspecified atom stereocenters. The van der Waals surface area contributed by atoms with Crippen molar-refractivity contribution in [3.05, 3.63) is 89.3 Å². The average molecular weight is 472 g/mol. The van der Waals surface area contributed by atoms with Crippen LogP contribution in [-0.4, -0.2) is 22.3 Å². The lowest BCUT2D eigenvalue weighted by Crippen LogP contribution is -2.30. The maximum atomic E-state index is 14.2. The van der Waals surface area contributed by atoms with Gasteiger partial charge < -0.3 is 9.32 Å². The average Bonchev–Trinajstić information content (AvgIpc) is 3.44. The first kappa shape index (κ1) is 22.1. The zero-order valence-corrected chi connectivity index (χ0v) is 17.6. The van der Waals surface area contributed by atoms with Gasteiger partial charge in [0.25, 0.3) is 5.91 Å². The van der Waals surface area contributed by atoms with Crippen LogP contribution in [-0.2, 0) is 6.18 Å². The smallest absolute Gasteiger partial charge is 0.416 e. The van der Waals surface area contributed by atoms with Gasteiger partial charge in [-0.15, -0.1) is 0 Å². The summed E-state index contributed by atoms with van der Waals surface area (Å²) in [4.78, 5) is 19.0. The Morgan fingerprint density at radius 3 is 2.47 bits per heavy atom. The topological polar surface area (TPSA) is 46.3 Å². The van der Waals surface area contributed by atoms with E-state index in [9.17, 15) is 26.7 Å². The van der Waals surface area contributed by atoms with E-state index in [4.69, 9.17) is 4.42 Å². The molecular formula is C25H17F5N2O2. The minimum absolute atomic E-state index is 0.144. The molecule has 2 heterocycles. The molecule has 0 spiro atoms. The first-order chi connectivity index (χ1) is 16.2. The Labute approximate surface area is 190 Å². The maximum Gasteiger partial charge on any atom is 0.416 e. The van der Waals surface area contributed by atoms with Gasteiger partial charge in [-0.3, -0.25) is 4.79 Å². The third kappa shape index (κ3) is 4.02. The highest BCUT2D eigenvalue weighted by Crippen LogP contribution is 2.36. The summed E-state index contributed by atoms with van der Waals surface area (Å²) in [7, 11) is 0. The molecule has 4 nitrogen and oxygen atoms in total. The van der Waals surface area contributed by atoms with Crippen LogP contribution in [0.4, 0.5) is 22.0 Å². The Balaban J connectivity index is 1.43. The second-order valence-corrected chi connectivity index (χ2v) is 8.09. The standard InChI is InChI=1S/C25H17F5N2O2/c26-17-8-9-18(19(27)13-17)15-5-10-22-20(12-15)31-23(34-22)21-2-1-11-32(21)24(33)14-3-6-16(7-4-14)25(28,29)30/h3-10,12-13,21H,1-2,11H2. The third-order valence-electron chi connectivity index (χ3n) is 5.90. The van der Waals surface area contributed by atoms with Crippen molar-refractivity contribution in [1.82, 2.24) is 9.88 Å². The van der Waals surface area contributed by atoms with Crippen LogP contribution in [0.15, 0.2) is 65.1 Å². The highest BCUT2D eigenvalue weighted by molar-refractivity contribution is 5.94. The van der Waals surface area contributed by atoms with Gasteiger partial charge in [0, 0.05) is 23.7 Å². The van der Waals surface area contributed by atoms with E-state index in [0.29, 0.717) is 41.9 Å². The van der Waals surface area contributed by atoms with Crippen molar-refractivity contribution in [3.63, 3.8) is 0 Å². The van der Waals surface area contributed by atoms with Crippen LogP contribution in [0, 0.1) is 11.6 Å². The van der Waals surface area contributed by atoms with Crippen molar-refractivity contribution in [1.29, 1.82) is 0 Å². The van der Waals surface area contributed by atoms with Crippen LogP contribution in [0.2, 0.25) is 0 Å². The van der Waals surface area contributed by atoms with Crippen LogP contribution in [0.1, 0.15) is 40.7 Å². The van der Waals surface area contributed by atoms with Crippen LogP contribution in [0.5, 0.6) is 0 Å². The number of aromatic nitrogens is 1. The van der Waals surface area contributed by atoms with Gasteiger partial charge in [-0.1, -0.05) is 6.07 Å². The van der Waals surface area contributed by atoms with Crippen molar-refractivity contribution in [2.45, 2.75) is 25.1 Å². The molecule has 1 atom stereocenters. The number of hydrogen-bond donors (Lipinski definition) is 0. The van der Waals surface area contributed by atoms with Crippen molar-refractivity contribution in [3.8, 4) is 11.1 Å². The molecule has 0 N–H and O–H groups in total. The second kappa shape index (κ2) is 8.23. The normalized spacial score (nSPS) is 16.4. The SMILES string of the molecule is O=C(c1ccc(C(F)(F)F)cc1)N1CCCC1c1nc2cc(-c3ccc(F)cc3F)ccc2o1. The summed E-state index contributed by atoms with van der Waals surface area (Å²) in [5.41, 5.74) is 0.918. The maximum absolute atomic E-state index is 14.2. The molecule has 0 aliphatic carbocycles. The number of rotatable bonds is 3. The minimum atomic E-state index is -4.48. The van der Waals surface area contributed by atoms with Gasteiger partial charge in [0.15, 0.2) is 5.58 Å². The van der Waals surface area contributed by atoms with E-state index < -0.39 is 35.3 Å².